The second kappa shape index (κ2) is 11.0. The first-order chi connectivity index (χ1) is 12.3. The Morgan fingerprint density at radius 3 is 1.44 bits per heavy atom. The molecule has 1 heteroatoms. The molecule has 0 saturated heterocycles. The van der Waals surface area contributed by atoms with Gasteiger partial charge in [0, 0.05) is 13.1 Å². The largest absolute Gasteiger partial charge is 0.310 e. The molecule has 0 aromatic heterocycles. The van der Waals surface area contributed by atoms with Crippen LogP contribution in [0.2, 0.25) is 0 Å². The Hall–Kier alpha value is -2.64. The van der Waals surface area contributed by atoms with Crippen LogP contribution in [0.1, 0.15) is 24.0 Å². The van der Waals surface area contributed by atoms with Gasteiger partial charge in [0.1, 0.15) is 0 Å². The predicted molar refractivity (Wildman–Crippen MR) is 111 cm³/mol. The van der Waals surface area contributed by atoms with Crippen LogP contribution in [0.25, 0.3) is 11.1 Å². The second-order valence-electron chi connectivity index (χ2n) is 5.83. The molecule has 0 bridgehead atoms. The van der Waals surface area contributed by atoms with Gasteiger partial charge in [-0.25, -0.2) is 0 Å². The Morgan fingerprint density at radius 1 is 0.680 bits per heavy atom. The number of rotatable bonds is 10. The molecule has 2 aromatic rings. The molecule has 0 aliphatic carbocycles. The van der Waals surface area contributed by atoms with E-state index in [2.05, 4.69) is 79.2 Å². The summed E-state index contributed by atoms with van der Waals surface area (Å²) >= 11 is 0. The van der Waals surface area contributed by atoms with E-state index >= 15 is 0 Å². The van der Waals surface area contributed by atoms with Crippen molar-refractivity contribution < 1.29 is 0 Å². The zero-order valence-corrected chi connectivity index (χ0v) is 14.8. The minimum atomic E-state index is 0.838. The molecule has 0 aliphatic rings. The molecule has 0 radical (unpaired) electrons. The third kappa shape index (κ3) is 6.40. The van der Waals surface area contributed by atoms with Crippen LogP contribution in [-0.4, -0.2) is 13.1 Å². The van der Waals surface area contributed by atoms with Gasteiger partial charge in [-0.3, -0.25) is 0 Å². The molecule has 1 N–H and O–H groups in total. The van der Waals surface area contributed by atoms with E-state index in [0.29, 0.717) is 0 Å². The molecule has 2 aromatic carbocycles. The fourth-order valence-electron chi connectivity index (χ4n) is 2.73. The van der Waals surface area contributed by atoms with Gasteiger partial charge in [-0.1, -0.05) is 85.0 Å². The highest BCUT2D eigenvalue weighted by atomic mass is 14.8. The van der Waals surface area contributed by atoms with E-state index in [4.69, 9.17) is 0 Å². The van der Waals surface area contributed by atoms with Gasteiger partial charge in [0.2, 0.25) is 0 Å². The fourth-order valence-corrected chi connectivity index (χ4v) is 2.73. The molecule has 0 fully saturated rings. The monoisotopic (exact) mass is 329 g/mol. The van der Waals surface area contributed by atoms with Crippen LogP contribution in [0.15, 0.2) is 98.1 Å². The van der Waals surface area contributed by atoms with Crippen molar-refractivity contribution in [2.75, 3.05) is 13.1 Å². The average Bonchev–Trinajstić information content (AvgIpc) is 2.67. The summed E-state index contributed by atoms with van der Waals surface area (Å²) < 4.78 is 0. The van der Waals surface area contributed by atoms with Crippen molar-refractivity contribution in [3.8, 4) is 0 Å². The van der Waals surface area contributed by atoms with Crippen LogP contribution < -0.4 is 5.32 Å². The smallest absolute Gasteiger partial charge is 0.0143 e. The lowest BCUT2D eigenvalue weighted by Crippen LogP contribution is -2.14. The quantitative estimate of drug-likeness (QED) is 0.423. The molecule has 2 rings (SSSR count). The average molecular weight is 329 g/mol. The molecular weight excluding hydrogens is 302 g/mol. The van der Waals surface area contributed by atoms with Crippen LogP contribution in [0.3, 0.4) is 0 Å². The first kappa shape index (κ1) is 18.7. The Morgan fingerprint density at radius 2 is 1.08 bits per heavy atom. The molecule has 25 heavy (non-hydrogen) atoms. The Balaban J connectivity index is 1.95. The summed E-state index contributed by atoms with van der Waals surface area (Å²) in [5, 5.41) is 3.48. The summed E-state index contributed by atoms with van der Waals surface area (Å²) in [4.78, 5) is 0. The summed E-state index contributed by atoms with van der Waals surface area (Å²) in [5.41, 5.74) is 5.13. The van der Waals surface area contributed by atoms with Crippen molar-refractivity contribution in [1.29, 1.82) is 0 Å². The second-order valence-corrected chi connectivity index (χ2v) is 5.83. The van der Waals surface area contributed by atoms with Crippen molar-refractivity contribution in [3.63, 3.8) is 0 Å². The summed E-state index contributed by atoms with van der Waals surface area (Å²) in [7, 11) is 0. The van der Waals surface area contributed by atoms with Gasteiger partial charge in [-0.05, 0) is 35.1 Å². The van der Waals surface area contributed by atoms with Gasteiger partial charge < -0.3 is 5.32 Å². The van der Waals surface area contributed by atoms with Crippen LogP contribution >= 0.6 is 0 Å². The lowest BCUT2D eigenvalue weighted by atomic mass is 10.0. The van der Waals surface area contributed by atoms with E-state index in [1.807, 2.05) is 24.3 Å². The molecule has 0 unspecified atom stereocenters. The number of allylic oxidation sites excluding steroid dienone is 4. The van der Waals surface area contributed by atoms with Gasteiger partial charge in [-0.15, -0.1) is 13.2 Å². The van der Waals surface area contributed by atoms with Gasteiger partial charge in [0.25, 0.3) is 0 Å². The molecular formula is C24H27N. The molecule has 0 spiro atoms. The molecule has 0 aliphatic heterocycles. The van der Waals surface area contributed by atoms with E-state index in [0.717, 1.165) is 25.9 Å². The van der Waals surface area contributed by atoms with E-state index in [-0.39, 0.29) is 0 Å². The van der Waals surface area contributed by atoms with Crippen molar-refractivity contribution in [2.45, 2.75) is 12.8 Å². The van der Waals surface area contributed by atoms with E-state index < -0.39 is 0 Å². The zero-order valence-electron chi connectivity index (χ0n) is 14.8. The SMILES string of the molecule is C=CCC(=CCNCC=C(CC=C)c1ccccc1)c1ccccc1. The summed E-state index contributed by atoms with van der Waals surface area (Å²) in [6.07, 6.45) is 10.2. The third-order valence-corrected chi connectivity index (χ3v) is 4.00. The number of hydrogen-bond donors (Lipinski definition) is 1. The molecule has 0 amide bonds. The fraction of sp³-hybridized carbons (Fsp3) is 0.167. The van der Waals surface area contributed by atoms with E-state index in [9.17, 15) is 0 Å². The maximum atomic E-state index is 3.87. The standard InChI is InChI=1S/C24H27N/c1-3-11-21(23-13-7-5-8-14-23)17-19-25-20-18-22(12-4-2)24-15-9-6-10-16-24/h3-10,13-18,25H,1-2,11-12,19-20H2. The summed E-state index contributed by atoms with van der Waals surface area (Å²) in [5.74, 6) is 0. The Kier molecular flexibility index (Phi) is 8.23. The molecule has 0 saturated carbocycles. The van der Waals surface area contributed by atoms with Gasteiger partial charge in [0.15, 0.2) is 0 Å². The number of nitrogens with one attached hydrogen (secondary N) is 1. The van der Waals surface area contributed by atoms with Crippen molar-refractivity contribution in [1.82, 2.24) is 5.32 Å². The zero-order chi connectivity index (χ0) is 17.7. The molecule has 0 atom stereocenters. The molecule has 128 valence electrons. The normalized spacial score (nSPS) is 12.0. The first-order valence-electron chi connectivity index (χ1n) is 8.76. The lowest BCUT2D eigenvalue weighted by molar-refractivity contribution is 0.842. The van der Waals surface area contributed by atoms with E-state index in [1.54, 1.807) is 0 Å². The first-order valence-corrected chi connectivity index (χ1v) is 8.76. The highest BCUT2D eigenvalue weighted by molar-refractivity contribution is 5.67. The minimum absolute atomic E-state index is 0.838. The number of hydrogen-bond acceptors (Lipinski definition) is 1. The Bertz CT molecular complexity index is 645. The van der Waals surface area contributed by atoms with Crippen molar-refractivity contribution >= 4 is 11.1 Å². The Labute approximate surface area is 152 Å². The van der Waals surface area contributed by atoms with Gasteiger partial charge >= 0.3 is 0 Å². The highest BCUT2D eigenvalue weighted by Crippen LogP contribution is 2.19. The molecule has 1 nitrogen and oxygen atoms in total. The van der Waals surface area contributed by atoms with Crippen molar-refractivity contribution in [2.24, 2.45) is 0 Å². The van der Waals surface area contributed by atoms with Crippen LogP contribution in [0.5, 0.6) is 0 Å². The minimum Gasteiger partial charge on any atom is -0.310 e. The third-order valence-electron chi connectivity index (χ3n) is 4.00. The summed E-state index contributed by atoms with van der Waals surface area (Å²) in [6.45, 7) is 9.41. The lowest BCUT2D eigenvalue weighted by Gasteiger charge is -2.07. The summed E-state index contributed by atoms with van der Waals surface area (Å²) in [6, 6.07) is 21.0. The maximum Gasteiger partial charge on any atom is 0.0143 e. The van der Waals surface area contributed by atoms with Crippen molar-refractivity contribution in [3.05, 3.63) is 109 Å². The predicted octanol–water partition coefficient (Wildman–Crippen LogP) is 5.90. The maximum absolute atomic E-state index is 3.87. The van der Waals surface area contributed by atoms with Crippen LogP contribution in [-0.2, 0) is 0 Å². The van der Waals surface area contributed by atoms with Gasteiger partial charge in [0.05, 0.1) is 0 Å². The number of benzene rings is 2. The molecule has 0 heterocycles. The van der Waals surface area contributed by atoms with E-state index in [1.165, 1.54) is 22.3 Å². The highest BCUT2D eigenvalue weighted by Gasteiger charge is 1.99. The van der Waals surface area contributed by atoms with Crippen LogP contribution in [0, 0.1) is 0 Å². The van der Waals surface area contributed by atoms with Gasteiger partial charge in [-0.2, -0.15) is 0 Å². The topological polar surface area (TPSA) is 12.0 Å². The van der Waals surface area contributed by atoms with Crippen LogP contribution in [0.4, 0.5) is 0 Å².